The van der Waals surface area contributed by atoms with Gasteiger partial charge in [0, 0.05) is 6.54 Å². The number of hydrogen-bond donors (Lipinski definition) is 1. The van der Waals surface area contributed by atoms with Crippen LogP contribution in [0.25, 0.3) is 0 Å². The number of amides is 1. The minimum Gasteiger partial charge on any atom is -0.481 e. The van der Waals surface area contributed by atoms with Crippen molar-refractivity contribution in [2.45, 2.75) is 38.6 Å². The van der Waals surface area contributed by atoms with E-state index in [0.29, 0.717) is 28.3 Å². The van der Waals surface area contributed by atoms with E-state index in [2.05, 4.69) is 10.2 Å². The lowest BCUT2D eigenvalue weighted by atomic mass is 10.2. The molecule has 0 saturated carbocycles. The number of aryl methyl sites for hydroxylation is 1. The number of ether oxygens (including phenoxy) is 1. The molecule has 1 unspecified atom stereocenters. The van der Waals surface area contributed by atoms with Crippen molar-refractivity contribution in [1.29, 1.82) is 0 Å². The van der Waals surface area contributed by atoms with Crippen molar-refractivity contribution in [3.63, 3.8) is 0 Å². The van der Waals surface area contributed by atoms with E-state index >= 15 is 0 Å². The van der Waals surface area contributed by atoms with E-state index in [1.165, 1.54) is 11.8 Å². The fourth-order valence-corrected chi connectivity index (χ4v) is 2.99. The Morgan fingerprint density at radius 1 is 1.48 bits per heavy atom. The molecule has 0 aliphatic rings. The number of halogens is 1. The summed E-state index contributed by atoms with van der Waals surface area (Å²) in [7, 11) is 0. The average molecular weight is 355 g/mol. The molecule has 0 aliphatic carbocycles. The van der Waals surface area contributed by atoms with Gasteiger partial charge in [0.15, 0.2) is 17.1 Å². The maximum atomic E-state index is 10.9. The van der Waals surface area contributed by atoms with Gasteiger partial charge >= 0.3 is 0 Å². The summed E-state index contributed by atoms with van der Waals surface area (Å²) in [6, 6.07) is 5.61. The molecule has 0 bridgehead atoms. The third-order valence-electron chi connectivity index (χ3n) is 3.16. The average Bonchev–Trinajstić information content (AvgIpc) is 2.91. The summed E-state index contributed by atoms with van der Waals surface area (Å²) >= 11 is 7.43. The molecule has 0 saturated heterocycles. The summed E-state index contributed by atoms with van der Waals surface area (Å²) in [5.74, 6) is 1.06. The number of nitrogens with two attached hydrogens (primary N) is 1. The fraction of sp³-hybridized carbons (Fsp3) is 0.400. The summed E-state index contributed by atoms with van der Waals surface area (Å²) in [4.78, 5) is 10.9. The molecule has 0 fully saturated rings. The number of nitrogens with zero attached hydrogens (tertiary/aromatic N) is 3. The van der Waals surface area contributed by atoms with E-state index in [9.17, 15) is 4.79 Å². The Bertz CT molecular complexity index is 705. The molecule has 1 aromatic heterocycles. The molecule has 1 heterocycles. The number of aromatic nitrogens is 3. The number of carbonyl (C=O) groups is 1. The third-order valence-corrected chi connectivity index (χ3v) is 4.46. The zero-order chi connectivity index (χ0) is 17.0. The summed E-state index contributed by atoms with van der Waals surface area (Å²) < 4.78 is 7.84. The first-order valence-electron chi connectivity index (χ1n) is 7.19. The van der Waals surface area contributed by atoms with Gasteiger partial charge in [0.05, 0.1) is 10.8 Å². The summed E-state index contributed by atoms with van der Waals surface area (Å²) in [5.41, 5.74) is 6.24. The van der Waals surface area contributed by atoms with Crippen LogP contribution in [0.1, 0.15) is 31.3 Å². The summed E-state index contributed by atoms with van der Waals surface area (Å²) in [5, 5.41) is 9.50. The van der Waals surface area contributed by atoms with E-state index in [-0.39, 0.29) is 11.9 Å². The van der Waals surface area contributed by atoms with E-state index < -0.39 is 5.91 Å². The lowest BCUT2D eigenvalue weighted by Gasteiger charge is -2.16. The smallest absolute Gasteiger partial charge is 0.227 e. The molecule has 1 atom stereocenters. The Morgan fingerprint density at radius 3 is 2.87 bits per heavy atom. The minimum absolute atomic E-state index is 0.164. The van der Waals surface area contributed by atoms with Crippen molar-refractivity contribution in [3.8, 4) is 5.75 Å². The van der Waals surface area contributed by atoms with Gasteiger partial charge in [-0.15, -0.1) is 10.2 Å². The molecule has 2 N–H and O–H groups in total. The molecule has 1 amide bonds. The Hall–Kier alpha value is -1.73. The number of thioether (sulfide) groups is 1. The van der Waals surface area contributed by atoms with Crippen molar-refractivity contribution >= 4 is 29.3 Å². The van der Waals surface area contributed by atoms with Crippen LogP contribution in [0.3, 0.4) is 0 Å². The van der Waals surface area contributed by atoms with Gasteiger partial charge in [-0.05, 0) is 38.5 Å². The normalized spacial score (nSPS) is 12.2. The van der Waals surface area contributed by atoms with Gasteiger partial charge in [0.2, 0.25) is 5.91 Å². The third kappa shape index (κ3) is 4.39. The molecule has 1 aromatic carbocycles. The monoisotopic (exact) mass is 354 g/mol. The van der Waals surface area contributed by atoms with Crippen molar-refractivity contribution < 1.29 is 9.53 Å². The van der Waals surface area contributed by atoms with Gasteiger partial charge in [-0.3, -0.25) is 4.79 Å². The predicted molar refractivity (Wildman–Crippen MR) is 90.8 cm³/mol. The SMILES string of the molecule is CCn1c(SCC(N)=O)nnc1C(C)Oc1cc(C)ccc1Cl. The molecular formula is C15H19ClN4O2S. The Morgan fingerprint density at radius 2 is 2.22 bits per heavy atom. The van der Waals surface area contributed by atoms with Crippen LogP contribution >= 0.6 is 23.4 Å². The first kappa shape index (κ1) is 17.6. The number of hydrogen-bond acceptors (Lipinski definition) is 5. The van der Waals surface area contributed by atoms with Gasteiger partial charge < -0.3 is 15.0 Å². The number of carbonyl (C=O) groups excluding carboxylic acids is 1. The molecule has 23 heavy (non-hydrogen) atoms. The highest BCUT2D eigenvalue weighted by Gasteiger charge is 2.20. The lowest BCUT2D eigenvalue weighted by molar-refractivity contribution is -0.115. The van der Waals surface area contributed by atoms with Crippen molar-refractivity contribution in [2.75, 3.05) is 5.75 Å². The van der Waals surface area contributed by atoms with Crippen LogP contribution < -0.4 is 10.5 Å². The number of benzene rings is 1. The summed E-state index contributed by atoms with van der Waals surface area (Å²) in [6.07, 6.45) is -0.329. The second-order valence-corrected chi connectivity index (χ2v) is 6.38. The first-order valence-corrected chi connectivity index (χ1v) is 8.55. The van der Waals surface area contributed by atoms with Crippen LogP contribution in [0.15, 0.2) is 23.4 Å². The van der Waals surface area contributed by atoms with Crippen LogP contribution in [0.4, 0.5) is 0 Å². The quantitative estimate of drug-likeness (QED) is 0.773. The second-order valence-electron chi connectivity index (χ2n) is 5.03. The number of primary amides is 1. The zero-order valence-corrected chi connectivity index (χ0v) is 14.8. The van der Waals surface area contributed by atoms with Crippen molar-refractivity contribution in [2.24, 2.45) is 5.73 Å². The van der Waals surface area contributed by atoms with Gasteiger partial charge in [0.1, 0.15) is 5.75 Å². The fourth-order valence-electron chi connectivity index (χ4n) is 2.08. The minimum atomic E-state index is -0.391. The Kier molecular flexibility index (Phi) is 5.90. The van der Waals surface area contributed by atoms with E-state index in [0.717, 1.165) is 5.56 Å². The molecule has 0 radical (unpaired) electrons. The highest BCUT2D eigenvalue weighted by molar-refractivity contribution is 7.99. The standard InChI is InChI=1S/C15H19ClN4O2S/c1-4-20-14(18-19-15(20)23-8-13(17)21)10(3)22-12-7-9(2)5-6-11(12)16/h5-7,10H,4,8H2,1-3H3,(H2,17,21). The van der Waals surface area contributed by atoms with Crippen LogP contribution in [0, 0.1) is 6.92 Å². The van der Waals surface area contributed by atoms with E-state index in [1.807, 2.05) is 37.5 Å². The Labute approximate surface area is 144 Å². The highest BCUT2D eigenvalue weighted by Crippen LogP contribution is 2.30. The molecule has 124 valence electrons. The van der Waals surface area contributed by atoms with E-state index in [4.69, 9.17) is 22.1 Å². The second kappa shape index (κ2) is 7.70. The molecule has 0 spiro atoms. The van der Waals surface area contributed by atoms with Gasteiger partial charge in [-0.25, -0.2) is 0 Å². The maximum Gasteiger partial charge on any atom is 0.227 e. The van der Waals surface area contributed by atoms with Gasteiger partial charge in [-0.1, -0.05) is 29.4 Å². The molecule has 8 heteroatoms. The molecule has 0 aliphatic heterocycles. The number of rotatable bonds is 7. The van der Waals surface area contributed by atoms with Gasteiger partial charge in [0.25, 0.3) is 0 Å². The van der Waals surface area contributed by atoms with Crippen molar-refractivity contribution in [3.05, 3.63) is 34.6 Å². The Balaban J connectivity index is 2.20. The van der Waals surface area contributed by atoms with Crippen LogP contribution in [0.2, 0.25) is 5.02 Å². The molecule has 2 rings (SSSR count). The van der Waals surface area contributed by atoms with Crippen molar-refractivity contribution in [1.82, 2.24) is 14.8 Å². The summed E-state index contributed by atoms with van der Waals surface area (Å²) in [6.45, 7) is 6.50. The molecule has 6 nitrogen and oxygen atoms in total. The highest BCUT2D eigenvalue weighted by atomic mass is 35.5. The van der Waals surface area contributed by atoms with Gasteiger partial charge in [-0.2, -0.15) is 0 Å². The van der Waals surface area contributed by atoms with Crippen LogP contribution in [0.5, 0.6) is 5.75 Å². The molecular weight excluding hydrogens is 336 g/mol. The topological polar surface area (TPSA) is 83.0 Å². The van der Waals surface area contributed by atoms with Crippen LogP contribution in [-0.2, 0) is 11.3 Å². The van der Waals surface area contributed by atoms with Crippen LogP contribution in [-0.4, -0.2) is 26.4 Å². The molecule has 2 aromatic rings. The largest absolute Gasteiger partial charge is 0.481 e. The lowest BCUT2D eigenvalue weighted by Crippen LogP contribution is -2.15. The predicted octanol–water partition coefficient (Wildman–Crippen LogP) is 2.98. The first-order chi connectivity index (χ1) is 10.9. The van der Waals surface area contributed by atoms with E-state index in [1.54, 1.807) is 6.07 Å². The zero-order valence-electron chi connectivity index (χ0n) is 13.2. The maximum absolute atomic E-state index is 10.9.